The van der Waals surface area contributed by atoms with Crippen LogP contribution in [0.15, 0.2) is 36.8 Å². The molecule has 2 aromatic rings. The van der Waals surface area contributed by atoms with Gasteiger partial charge in [0.15, 0.2) is 5.69 Å². The van der Waals surface area contributed by atoms with Crippen molar-refractivity contribution in [1.29, 1.82) is 0 Å². The summed E-state index contributed by atoms with van der Waals surface area (Å²) in [6, 6.07) is 6.43. The monoisotopic (exact) mass is 289 g/mol. The van der Waals surface area contributed by atoms with E-state index >= 15 is 0 Å². The van der Waals surface area contributed by atoms with E-state index in [4.69, 9.17) is 10.2 Å². The van der Waals surface area contributed by atoms with Crippen LogP contribution in [0.2, 0.25) is 0 Å². The predicted octanol–water partition coefficient (Wildman–Crippen LogP) is 0.646. The number of amides is 1. The number of phenols is 1. The third kappa shape index (κ3) is 4.34. The van der Waals surface area contributed by atoms with Crippen LogP contribution in [-0.2, 0) is 17.8 Å². The number of nitrogens with zero attached hydrogens (tertiary/aromatic N) is 2. The zero-order chi connectivity index (χ0) is 15.2. The maximum atomic E-state index is 11.7. The first-order valence-electron chi connectivity index (χ1n) is 6.34. The Morgan fingerprint density at radius 3 is 2.57 bits per heavy atom. The molecule has 0 bridgehead atoms. The molecule has 1 heterocycles. The van der Waals surface area contributed by atoms with E-state index in [-0.39, 0.29) is 23.8 Å². The number of nitrogens with one attached hydrogen (secondary N) is 1. The standard InChI is InChI=1S/C14H15N3O4/c18-11-3-1-10(2-4-11)7-13(19)15-5-6-17-8-12(14(20)21)16-9-17/h1-4,8-9,18H,5-7H2,(H,15,19)(H,20,21). The van der Waals surface area contributed by atoms with E-state index in [1.165, 1.54) is 24.7 Å². The Kier molecular flexibility index (Phi) is 4.55. The van der Waals surface area contributed by atoms with Crippen LogP contribution in [0.1, 0.15) is 16.1 Å². The molecule has 7 nitrogen and oxygen atoms in total. The van der Waals surface area contributed by atoms with Gasteiger partial charge in [-0.15, -0.1) is 0 Å². The lowest BCUT2D eigenvalue weighted by atomic mass is 10.1. The number of imidazole rings is 1. The minimum Gasteiger partial charge on any atom is -0.508 e. The van der Waals surface area contributed by atoms with Gasteiger partial charge in [-0.3, -0.25) is 4.79 Å². The molecule has 0 aliphatic heterocycles. The molecule has 0 saturated carbocycles. The highest BCUT2D eigenvalue weighted by atomic mass is 16.4. The van der Waals surface area contributed by atoms with Crippen molar-refractivity contribution < 1.29 is 19.8 Å². The lowest BCUT2D eigenvalue weighted by molar-refractivity contribution is -0.120. The summed E-state index contributed by atoms with van der Waals surface area (Å²) >= 11 is 0. The molecule has 3 N–H and O–H groups in total. The van der Waals surface area contributed by atoms with Gasteiger partial charge in [0, 0.05) is 19.3 Å². The Balaban J connectivity index is 1.76. The van der Waals surface area contributed by atoms with Crippen molar-refractivity contribution in [3.8, 4) is 5.75 Å². The molecule has 1 aromatic carbocycles. The zero-order valence-electron chi connectivity index (χ0n) is 11.2. The van der Waals surface area contributed by atoms with Crippen LogP contribution in [0.4, 0.5) is 0 Å². The van der Waals surface area contributed by atoms with Gasteiger partial charge >= 0.3 is 5.97 Å². The van der Waals surface area contributed by atoms with Crippen molar-refractivity contribution >= 4 is 11.9 Å². The van der Waals surface area contributed by atoms with E-state index in [1.807, 2.05) is 0 Å². The van der Waals surface area contributed by atoms with Gasteiger partial charge < -0.3 is 20.1 Å². The highest BCUT2D eigenvalue weighted by molar-refractivity contribution is 5.84. The third-order valence-corrected chi connectivity index (χ3v) is 2.85. The number of phenolic OH excluding ortho intramolecular Hbond substituents is 1. The van der Waals surface area contributed by atoms with Gasteiger partial charge in [0.2, 0.25) is 5.91 Å². The highest BCUT2D eigenvalue weighted by Gasteiger charge is 2.07. The van der Waals surface area contributed by atoms with E-state index in [2.05, 4.69) is 10.3 Å². The minimum absolute atomic E-state index is 0.0228. The fraction of sp³-hybridized carbons (Fsp3) is 0.214. The number of aromatic carboxylic acids is 1. The van der Waals surface area contributed by atoms with Gasteiger partial charge in [-0.25, -0.2) is 9.78 Å². The number of hydrogen-bond donors (Lipinski definition) is 3. The van der Waals surface area contributed by atoms with Crippen molar-refractivity contribution in [2.45, 2.75) is 13.0 Å². The Morgan fingerprint density at radius 1 is 1.24 bits per heavy atom. The Hall–Kier alpha value is -2.83. The topological polar surface area (TPSA) is 104 Å². The molecule has 7 heteroatoms. The maximum absolute atomic E-state index is 11.7. The van der Waals surface area contributed by atoms with E-state index in [1.54, 1.807) is 16.7 Å². The summed E-state index contributed by atoms with van der Waals surface area (Å²) < 4.78 is 1.60. The number of carbonyl (C=O) groups excluding carboxylic acids is 1. The largest absolute Gasteiger partial charge is 0.508 e. The average Bonchev–Trinajstić information content (AvgIpc) is 2.90. The molecule has 0 atom stereocenters. The number of hydrogen-bond acceptors (Lipinski definition) is 4. The number of benzene rings is 1. The summed E-state index contributed by atoms with van der Waals surface area (Å²) in [5.41, 5.74) is 0.784. The normalized spacial score (nSPS) is 10.3. The second kappa shape index (κ2) is 6.56. The molecular weight excluding hydrogens is 274 g/mol. The van der Waals surface area contributed by atoms with Crippen molar-refractivity contribution in [2.75, 3.05) is 6.54 Å². The molecule has 0 saturated heterocycles. The summed E-state index contributed by atoms with van der Waals surface area (Å²) in [6.07, 6.45) is 3.05. The van der Waals surface area contributed by atoms with E-state index in [0.29, 0.717) is 13.1 Å². The second-order valence-corrected chi connectivity index (χ2v) is 4.50. The van der Waals surface area contributed by atoms with Crippen molar-refractivity contribution in [1.82, 2.24) is 14.9 Å². The molecule has 0 aliphatic rings. The molecule has 110 valence electrons. The van der Waals surface area contributed by atoms with Crippen LogP contribution in [-0.4, -0.2) is 38.2 Å². The first kappa shape index (κ1) is 14.6. The summed E-state index contributed by atoms with van der Waals surface area (Å²) in [6.45, 7) is 0.827. The Bertz CT molecular complexity index is 634. The Labute approximate surface area is 120 Å². The van der Waals surface area contributed by atoms with Crippen LogP contribution in [0.25, 0.3) is 0 Å². The lowest BCUT2D eigenvalue weighted by Gasteiger charge is -2.06. The number of carboxylic acids is 1. The number of aromatic hydroxyl groups is 1. The molecular formula is C14H15N3O4. The maximum Gasteiger partial charge on any atom is 0.356 e. The summed E-state index contributed by atoms with van der Waals surface area (Å²) in [4.78, 5) is 26.1. The van der Waals surface area contributed by atoms with Crippen LogP contribution in [0.5, 0.6) is 5.75 Å². The summed E-state index contributed by atoms with van der Waals surface area (Å²) in [5, 5.41) is 20.6. The van der Waals surface area contributed by atoms with Crippen molar-refractivity contribution in [3.63, 3.8) is 0 Å². The molecule has 21 heavy (non-hydrogen) atoms. The van der Waals surface area contributed by atoms with Gasteiger partial charge in [0.1, 0.15) is 5.75 Å². The number of carbonyl (C=O) groups is 2. The molecule has 0 fully saturated rings. The molecule has 1 amide bonds. The SMILES string of the molecule is O=C(Cc1ccc(O)cc1)NCCn1cnc(C(=O)O)c1. The molecule has 0 aliphatic carbocycles. The summed E-state index contributed by atoms with van der Waals surface area (Å²) in [5.74, 6) is -1.06. The Morgan fingerprint density at radius 2 is 1.95 bits per heavy atom. The molecule has 0 spiro atoms. The first-order valence-corrected chi connectivity index (χ1v) is 6.34. The number of aromatic nitrogens is 2. The van der Waals surface area contributed by atoms with Crippen molar-refractivity contribution in [3.05, 3.63) is 48.0 Å². The quantitative estimate of drug-likeness (QED) is 0.724. The van der Waals surface area contributed by atoms with Crippen LogP contribution >= 0.6 is 0 Å². The van der Waals surface area contributed by atoms with Gasteiger partial charge in [-0.05, 0) is 17.7 Å². The molecule has 1 aromatic heterocycles. The zero-order valence-corrected chi connectivity index (χ0v) is 11.2. The lowest BCUT2D eigenvalue weighted by Crippen LogP contribution is -2.28. The number of carboxylic acid groups (broad SMARTS) is 1. The second-order valence-electron chi connectivity index (χ2n) is 4.50. The third-order valence-electron chi connectivity index (χ3n) is 2.85. The van der Waals surface area contributed by atoms with E-state index in [9.17, 15) is 9.59 Å². The van der Waals surface area contributed by atoms with Crippen LogP contribution < -0.4 is 5.32 Å². The van der Waals surface area contributed by atoms with Gasteiger partial charge in [0.25, 0.3) is 0 Å². The van der Waals surface area contributed by atoms with Gasteiger partial charge in [-0.2, -0.15) is 0 Å². The first-order chi connectivity index (χ1) is 10.0. The molecule has 0 unspecified atom stereocenters. The van der Waals surface area contributed by atoms with E-state index in [0.717, 1.165) is 5.56 Å². The van der Waals surface area contributed by atoms with Crippen LogP contribution in [0.3, 0.4) is 0 Å². The van der Waals surface area contributed by atoms with Crippen molar-refractivity contribution in [2.24, 2.45) is 0 Å². The minimum atomic E-state index is -1.08. The van der Waals surface area contributed by atoms with Gasteiger partial charge in [-0.1, -0.05) is 12.1 Å². The molecule has 0 radical (unpaired) electrons. The highest BCUT2D eigenvalue weighted by Crippen LogP contribution is 2.09. The van der Waals surface area contributed by atoms with Gasteiger partial charge in [0.05, 0.1) is 12.7 Å². The smallest absolute Gasteiger partial charge is 0.356 e. The average molecular weight is 289 g/mol. The summed E-state index contributed by atoms with van der Waals surface area (Å²) in [7, 11) is 0. The van der Waals surface area contributed by atoms with E-state index < -0.39 is 5.97 Å². The fourth-order valence-corrected chi connectivity index (χ4v) is 1.78. The fourth-order valence-electron chi connectivity index (χ4n) is 1.78. The molecule has 2 rings (SSSR count). The number of rotatable bonds is 6. The predicted molar refractivity (Wildman–Crippen MR) is 74.0 cm³/mol. The van der Waals surface area contributed by atoms with Crippen LogP contribution in [0, 0.1) is 0 Å².